The average Bonchev–Trinajstić information content (AvgIpc) is 3.23. The first-order valence-electron chi connectivity index (χ1n) is 7.89. The molecule has 3 heteroatoms. The zero-order valence-corrected chi connectivity index (χ0v) is 11.9. The van der Waals surface area contributed by atoms with Crippen LogP contribution >= 0.6 is 0 Å². The van der Waals surface area contributed by atoms with E-state index in [4.69, 9.17) is 9.57 Å². The van der Waals surface area contributed by atoms with Gasteiger partial charge in [0.05, 0.1) is 17.8 Å². The molecule has 4 aliphatic rings. The molecular formula is C19H15NO2. The second-order valence-electron chi connectivity index (χ2n) is 6.49. The summed E-state index contributed by atoms with van der Waals surface area (Å²) in [5.74, 6) is 0.379. The lowest BCUT2D eigenvalue weighted by Gasteiger charge is -2.30. The molecular weight excluding hydrogens is 274 g/mol. The van der Waals surface area contributed by atoms with E-state index in [9.17, 15) is 0 Å². The molecule has 0 N–H and O–H groups in total. The van der Waals surface area contributed by atoms with Gasteiger partial charge in [0.15, 0.2) is 0 Å². The molecule has 5 atom stereocenters. The molecule has 108 valence electrons. The van der Waals surface area contributed by atoms with Crippen LogP contribution in [0.2, 0.25) is 0 Å². The standard InChI is InChI=1S/C19H15NO2/c1-4-8-14-11(5-1)9-10-15-16-17-12-6-2-3-7-13(12)18(21-17)19(16)22-20(14)15/h1-10,15-19H/t15-,16-,17-,18+,19-/m1/s1. The fourth-order valence-corrected chi connectivity index (χ4v) is 4.57. The molecule has 2 aromatic carbocycles. The van der Waals surface area contributed by atoms with Crippen LogP contribution in [-0.2, 0) is 9.57 Å². The molecule has 3 nitrogen and oxygen atoms in total. The summed E-state index contributed by atoms with van der Waals surface area (Å²) in [7, 11) is 0. The van der Waals surface area contributed by atoms with E-state index >= 15 is 0 Å². The number of rotatable bonds is 0. The van der Waals surface area contributed by atoms with Crippen LogP contribution in [0, 0.1) is 5.92 Å². The Morgan fingerprint density at radius 3 is 2.55 bits per heavy atom. The van der Waals surface area contributed by atoms with Crippen LogP contribution in [0.15, 0.2) is 54.6 Å². The lowest BCUT2D eigenvalue weighted by molar-refractivity contribution is -0.0130. The van der Waals surface area contributed by atoms with Crippen LogP contribution in [0.5, 0.6) is 0 Å². The largest absolute Gasteiger partial charge is 0.362 e. The van der Waals surface area contributed by atoms with E-state index in [2.05, 4.69) is 65.7 Å². The third-order valence-corrected chi connectivity index (χ3v) is 5.48. The van der Waals surface area contributed by atoms with Gasteiger partial charge in [-0.15, -0.1) is 0 Å². The van der Waals surface area contributed by atoms with E-state index in [1.54, 1.807) is 0 Å². The van der Waals surface area contributed by atoms with Crippen molar-refractivity contribution in [3.63, 3.8) is 0 Å². The summed E-state index contributed by atoms with van der Waals surface area (Å²) in [4.78, 5) is 6.36. The van der Waals surface area contributed by atoms with Gasteiger partial charge in [0.2, 0.25) is 0 Å². The zero-order valence-electron chi connectivity index (χ0n) is 11.9. The first-order chi connectivity index (χ1) is 10.9. The van der Waals surface area contributed by atoms with E-state index in [0.717, 1.165) is 0 Å². The van der Waals surface area contributed by atoms with Gasteiger partial charge >= 0.3 is 0 Å². The van der Waals surface area contributed by atoms with Gasteiger partial charge in [-0.05, 0) is 22.8 Å². The van der Waals surface area contributed by atoms with Crippen molar-refractivity contribution >= 4 is 11.8 Å². The summed E-state index contributed by atoms with van der Waals surface area (Å²) in [6, 6.07) is 17.3. The van der Waals surface area contributed by atoms with Crippen molar-refractivity contribution in [1.29, 1.82) is 0 Å². The Hall–Kier alpha value is -2.10. The molecule has 4 aliphatic heterocycles. The molecule has 2 aromatic rings. The summed E-state index contributed by atoms with van der Waals surface area (Å²) in [6.45, 7) is 0. The molecule has 0 aromatic heterocycles. The quantitative estimate of drug-likeness (QED) is 0.739. The lowest BCUT2D eigenvalue weighted by atomic mass is 9.78. The predicted octanol–water partition coefficient (Wildman–Crippen LogP) is 3.64. The van der Waals surface area contributed by atoms with Crippen molar-refractivity contribution in [2.24, 2.45) is 5.92 Å². The fourth-order valence-electron chi connectivity index (χ4n) is 4.57. The van der Waals surface area contributed by atoms with Crippen LogP contribution in [0.25, 0.3) is 6.08 Å². The summed E-state index contributed by atoms with van der Waals surface area (Å²) in [6.07, 6.45) is 4.87. The van der Waals surface area contributed by atoms with Crippen molar-refractivity contribution in [2.75, 3.05) is 5.06 Å². The number of benzene rings is 2. The van der Waals surface area contributed by atoms with Gasteiger partial charge in [-0.3, -0.25) is 4.84 Å². The molecule has 22 heavy (non-hydrogen) atoms. The topological polar surface area (TPSA) is 21.7 Å². The summed E-state index contributed by atoms with van der Waals surface area (Å²) < 4.78 is 6.26. The smallest absolute Gasteiger partial charge is 0.124 e. The minimum absolute atomic E-state index is 0.0809. The minimum Gasteiger partial charge on any atom is -0.362 e. The zero-order chi connectivity index (χ0) is 14.3. The highest BCUT2D eigenvalue weighted by Crippen LogP contribution is 2.60. The van der Waals surface area contributed by atoms with Crippen LogP contribution < -0.4 is 5.06 Å². The van der Waals surface area contributed by atoms with Crippen LogP contribution in [0.4, 0.5) is 5.69 Å². The molecule has 2 saturated heterocycles. The Balaban J connectivity index is 1.48. The first-order valence-corrected chi connectivity index (χ1v) is 7.89. The highest BCUT2D eigenvalue weighted by molar-refractivity contribution is 5.72. The Morgan fingerprint density at radius 1 is 0.864 bits per heavy atom. The first kappa shape index (κ1) is 11.5. The van der Waals surface area contributed by atoms with Crippen LogP contribution in [0.3, 0.4) is 0 Å². The predicted molar refractivity (Wildman–Crippen MR) is 83.1 cm³/mol. The van der Waals surface area contributed by atoms with E-state index in [1.165, 1.54) is 22.4 Å². The highest BCUT2D eigenvalue weighted by atomic mass is 16.7. The Labute approximate surface area is 128 Å². The van der Waals surface area contributed by atoms with Gasteiger partial charge < -0.3 is 4.74 Å². The van der Waals surface area contributed by atoms with E-state index in [-0.39, 0.29) is 24.4 Å². The Bertz CT molecular complexity index is 815. The number of para-hydroxylation sites is 1. The monoisotopic (exact) mass is 289 g/mol. The lowest BCUT2D eigenvalue weighted by Crippen LogP contribution is -2.34. The SMILES string of the molecule is C1=C[C@@H]2[C@H]3[C@@H](ON2c2ccccc21)[C@H]1O[C@@H]3c2ccccc21. The molecule has 0 radical (unpaired) electrons. The van der Waals surface area contributed by atoms with Crippen molar-refractivity contribution in [2.45, 2.75) is 24.4 Å². The molecule has 0 aliphatic carbocycles. The third kappa shape index (κ3) is 1.21. The van der Waals surface area contributed by atoms with Crippen molar-refractivity contribution in [3.8, 4) is 0 Å². The second-order valence-corrected chi connectivity index (χ2v) is 6.49. The highest BCUT2D eigenvalue weighted by Gasteiger charge is 2.61. The number of fused-ring (bicyclic) bond motifs is 12. The number of hydrogen-bond donors (Lipinski definition) is 0. The third-order valence-electron chi connectivity index (χ3n) is 5.48. The number of hydrogen-bond acceptors (Lipinski definition) is 3. The molecule has 0 spiro atoms. The van der Waals surface area contributed by atoms with Crippen molar-refractivity contribution in [1.82, 2.24) is 0 Å². The molecule has 6 rings (SSSR count). The number of ether oxygens (including phenoxy) is 1. The fraction of sp³-hybridized carbons (Fsp3) is 0.263. The molecule has 0 saturated carbocycles. The van der Waals surface area contributed by atoms with Crippen molar-refractivity contribution < 1.29 is 9.57 Å². The Morgan fingerprint density at radius 2 is 1.64 bits per heavy atom. The molecule has 2 bridgehead atoms. The van der Waals surface area contributed by atoms with Gasteiger partial charge in [-0.1, -0.05) is 54.6 Å². The maximum Gasteiger partial charge on any atom is 0.124 e. The summed E-state index contributed by atoms with van der Waals surface area (Å²) in [5, 5.41) is 2.11. The van der Waals surface area contributed by atoms with E-state index in [0.29, 0.717) is 5.92 Å². The molecule has 4 heterocycles. The van der Waals surface area contributed by atoms with Gasteiger partial charge in [0.1, 0.15) is 12.2 Å². The van der Waals surface area contributed by atoms with Crippen LogP contribution in [-0.4, -0.2) is 12.1 Å². The molecule has 0 amide bonds. The van der Waals surface area contributed by atoms with Gasteiger partial charge in [-0.2, -0.15) is 0 Å². The summed E-state index contributed by atoms with van der Waals surface area (Å²) in [5.41, 5.74) is 5.06. The van der Waals surface area contributed by atoms with Gasteiger partial charge in [0.25, 0.3) is 0 Å². The minimum atomic E-state index is 0.0809. The Kier molecular flexibility index (Phi) is 1.98. The summed E-state index contributed by atoms with van der Waals surface area (Å²) >= 11 is 0. The number of anilines is 1. The maximum absolute atomic E-state index is 6.36. The average molecular weight is 289 g/mol. The van der Waals surface area contributed by atoms with Gasteiger partial charge in [-0.25, -0.2) is 5.06 Å². The van der Waals surface area contributed by atoms with E-state index < -0.39 is 0 Å². The molecule has 0 unspecified atom stereocenters. The normalized spacial score (nSPS) is 36.0. The van der Waals surface area contributed by atoms with Crippen molar-refractivity contribution in [3.05, 3.63) is 71.3 Å². The number of nitrogens with zero attached hydrogens (tertiary/aromatic N) is 1. The second kappa shape index (κ2) is 3.80. The van der Waals surface area contributed by atoms with Crippen LogP contribution in [0.1, 0.15) is 28.9 Å². The van der Waals surface area contributed by atoms with Gasteiger partial charge in [0, 0.05) is 5.92 Å². The van der Waals surface area contributed by atoms with E-state index in [1.807, 2.05) is 0 Å². The maximum atomic E-state index is 6.36. The number of hydroxylamine groups is 1. The molecule has 2 fully saturated rings.